The van der Waals surface area contributed by atoms with E-state index in [2.05, 4.69) is 30.9 Å². The molecule has 1 amide bonds. The van der Waals surface area contributed by atoms with Crippen LogP contribution in [0.25, 0.3) is 0 Å². The minimum Gasteiger partial charge on any atom is -0.332 e. The Bertz CT molecular complexity index is 518. The van der Waals surface area contributed by atoms with Gasteiger partial charge >= 0.3 is 0 Å². The molecule has 1 aromatic heterocycles. The second-order valence-electron chi connectivity index (χ2n) is 6.76. The van der Waals surface area contributed by atoms with Crippen LogP contribution in [0.3, 0.4) is 0 Å². The average molecular weight is 304 g/mol. The Morgan fingerprint density at radius 1 is 1.23 bits per heavy atom. The van der Waals surface area contributed by atoms with Crippen molar-refractivity contribution in [1.82, 2.24) is 30.9 Å². The van der Waals surface area contributed by atoms with Gasteiger partial charge in [-0.05, 0) is 38.0 Å². The summed E-state index contributed by atoms with van der Waals surface area (Å²) in [5.41, 5.74) is 6.59. The van der Waals surface area contributed by atoms with E-state index in [1.165, 1.54) is 12.7 Å². The molecule has 120 valence electrons. The van der Waals surface area contributed by atoms with E-state index in [1.807, 2.05) is 0 Å². The third-order valence-electron chi connectivity index (χ3n) is 5.52. The number of fused-ring (bicyclic) bond motifs is 1. The molecule has 1 saturated carbocycles. The number of likely N-dealkylation sites (tertiary alicyclic amines) is 1. The first-order chi connectivity index (χ1) is 10.8. The van der Waals surface area contributed by atoms with Crippen LogP contribution < -0.4 is 10.9 Å². The number of H-pyrrole nitrogens is 1. The summed E-state index contributed by atoms with van der Waals surface area (Å²) < 4.78 is 0. The van der Waals surface area contributed by atoms with Crippen LogP contribution in [-0.4, -0.2) is 45.1 Å². The zero-order valence-corrected chi connectivity index (χ0v) is 12.8. The lowest BCUT2D eigenvalue weighted by atomic mass is 9.77. The molecule has 7 nitrogen and oxygen atoms in total. The van der Waals surface area contributed by atoms with Crippen molar-refractivity contribution in [3.63, 3.8) is 0 Å². The molecule has 2 saturated heterocycles. The van der Waals surface area contributed by atoms with Crippen molar-refractivity contribution in [2.75, 3.05) is 13.1 Å². The number of amides is 1. The molecule has 3 aliphatic rings. The number of hydrazine groups is 1. The summed E-state index contributed by atoms with van der Waals surface area (Å²) >= 11 is 0. The monoisotopic (exact) mass is 304 g/mol. The van der Waals surface area contributed by atoms with Gasteiger partial charge in [0.2, 0.25) is 5.91 Å². The van der Waals surface area contributed by atoms with Gasteiger partial charge in [0.25, 0.3) is 0 Å². The van der Waals surface area contributed by atoms with Gasteiger partial charge in [-0.25, -0.2) is 4.98 Å². The molecular formula is C15H24N6O. The zero-order chi connectivity index (χ0) is 14.9. The summed E-state index contributed by atoms with van der Waals surface area (Å²) in [6, 6.07) is 0.358. The van der Waals surface area contributed by atoms with Crippen LogP contribution in [0.4, 0.5) is 0 Å². The summed E-state index contributed by atoms with van der Waals surface area (Å²) in [7, 11) is 0. The predicted molar refractivity (Wildman–Crippen MR) is 80.4 cm³/mol. The van der Waals surface area contributed by atoms with Gasteiger partial charge in [0.1, 0.15) is 12.2 Å². The smallest absolute Gasteiger partial charge is 0.227 e. The molecule has 0 aromatic carbocycles. The number of carbonyl (C=O) groups excluding carboxylic acids is 1. The Kier molecular flexibility index (Phi) is 3.83. The zero-order valence-electron chi connectivity index (χ0n) is 12.8. The Morgan fingerprint density at radius 2 is 2.18 bits per heavy atom. The third-order valence-corrected chi connectivity index (χ3v) is 5.52. The van der Waals surface area contributed by atoms with Crippen LogP contribution in [0.15, 0.2) is 6.33 Å². The predicted octanol–water partition coefficient (Wildman–Crippen LogP) is 0.751. The Morgan fingerprint density at radius 3 is 3.05 bits per heavy atom. The van der Waals surface area contributed by atoms with Crippen molar-refractivity contribution >= 4 is 5.91 Å². The normalized spacial score (nSPS) is 35.4. The fourth-order valence-corrected chi connectivity index (χ4v) is 4.39. The van der Waals surface area contributed by atoms with Gasteiger partial charge in [0, 0.05) is 19.1 Å². The quantitative estimate of drug-likeness (QED) is 0.751. The van der Waals surface area contributed by atoms with Crippen LogP contribution in [0.2, 0.25) is 0 Å². The molecule has 1 aromatic rings. The molecule has 7 heteroatoms. The van der Waals surface area contributed by atoms with Crippen LogP contribution in [-0.2, 0) is 4.79 Å². The molecule has 0 bridgehead atoms. The van der Waals surface area contributed by atoms with Gasteiger partial charge < -0.3 is 4.90 Å². The van der Waals surface area contributed by atoms with Gasteiger partial charge in [-0.15, -0.1) is 0 Å². The van der Waals surface area contributed by atoms with Crippen LogP contribution in [0, 0.1) is 11.8 Å². The maximum Gasteiger partial charge on any atom is 0.227 e. The van der Waals surface area contributed by atoms with Gasteiger partial charge in [0.05, 0.1) is 12.0 Å². The van der Waals surface area contributed by atoms with Crippen molar-refractivity contribution < 1.29 is 4.79 Å². The largest absolute Gasteiger partial charge is 0.332 e. The summed E-state index contributed by atoms with van der Waals surface area (Å²) in [6.45, 7) is 1.82. The van der Waals surface area contributed by atoms with E-state index in [0.29, 0.717) is 17.9 Å². The number of nitrogens with one attached hydrogen (secondary N) is 3. The molecule has 4 unspecified atom stereocenters. The lowest BCUT2D eigenvalue weighted by Gasteiger charge is -2.40. The van der Waals surface area contributed by atoms with E-state index in [9.17, 15) is 4.79 Å². The minimum absolute atomic E-state index is 0.0680. The van der Waals surface area contributed by atoms with E-state index in [4.69, 9.17) is 0 Å². The van der Waals surface area contributed by atoms with Crippen molar-refractivity contribution in [1.29, 1.82) is 0 Å². The number of hydrogen-bond acceptors (Lipinski definition) is 5. The second kappa shape index (κ2) is 5.96. The topological polar surface area (TPSA) is 85.9 Å². The molecule has 22 heavy (non-hydrogen) atoms. The van der Waals surface area contributed by atoms with Crippen molar-refractivity contribution in [2.24, 2.45) is 11.8 Å². The number of carbonyl (C=O) groups is 1. The molecule has 4 atom stereocenters. The number of nitrogens with zero attached hydrogens (tertiary/aromatic N) is 3. The average Bonchev–Trinajstić information content (AvgIpc) is 3.25. The summed E-state index contributed by atoms with van der Waals surface area (Å²) in [6.07, 6.45) is 8.11. The Balaban J connectivity index is 1.54. The first-order valence-electron chi connectivity index (χ1n) is 8.49. The first kappa shape index (κ1) is 14.1. The van der Waals surface area contributed by atoms with Crippen molar-refractivity contribution in [3.8, 4) is 0 Å². The molecule has 4 rings (SSSR count). The maximum absolute atomic E-state index is 13.2. The van der Waals surface area contributed by atoms with Gasteiger partial charge in [-0.2, -0.15) is 5.10 Å². The van der Waals surface area contributed by atoms with Crippen LogP contribution >= 0.6 is 0 Å². The molecule has 1 aliphatic carbocycles. The first-order valence-corrected chi connectivity index (χ1v) is 8.49. The molecule has 3 heterocycles. The Hall–Kier alpha value is -1.47. The highest BCUT2D eigenvalue weighted by molar-refractivity contribution is 5.80. The summed E-state index contributed by atoms with van der Waals surface area (Å²) in [5.74, 6) is 1.82. The second-order valence-corrected chi connectivity index (χ2v) is 6.76. The van der Waals surface area contributed by atoms with Gasteiger partial charge in [0.15, 0.2) is 0 Å². The molecule has 0 radical (unpaired) electrons. The molecule has 3 fully saturated rings. The third kappa shape index (κ3) is 2.42. The van der Waals surface area contributed by atoms with E-state index in [0.717, 1.165) is 51.0 Å². The molecule has 2 aliphatic heterocycles. The molecular weight excluding hydrogens is 280 g/mol. The van der Waals surface area contributed by atoms with Crippen LogP contribution in [0.1, 0.15) is 50.4 Å². The highest BCUT2D eigenvalue weighted by Gasteiger charge is 2.43. The minimum atomic E-state index is 0.0680. The van der Waals surface area contributed by atoms with Crippen LogP contribution in [0.5, 0.6) is 0 Å². The lowest BCUT2D eigenvalue weighted by Crippen LogP contribution is -2.51. The van der Waals surface area contributed by atoms with Gasteiger partial charge in [-0.3, -0.25) is 20.7 Å². The molecule has 3 N–H and O–H groups in total. The highest BCUT2D eigenvalue weighted by Crippen LogP contribution is 2.36. The number of piperidine rings is 1. The SMILES string of the molecule is O=C(C1CCCC2CNNC21)N1CCCCC1c1ncn[nH]1. The molecule has 0 spiro atoms. The number of hydrogen-bond donors (Lipinski definition) is 3. The van der Waals surface area contributed by atoms with E-state index in [1.54, 1.807) is 0 Å². The highest BCUT2D eigenvalue weighted by atomic mass is 16.2. The Labute approximate surface area is 130 Å². The maximum atomic E-state index is 13.2. The fraction of sp³-hybridized carbons (Fsp3) is 0.800. The summed E-state index contributed by atoms with van der Waals surface area (Å²) in [5, 5.41) is 6.92. The summed E-state index contributed by atoms with van der Waals surface area (Å²) in [4.78, 5) is 19.5. The van der Waals surface area contributed by atoms with E-state index in [-0.39, 0.29) is 12.0 Å². The van der Waals surface area contributed by atoms with Crippen molar-refractivity contribution in [3.05, 3.63) is 12.2 Å². The van der Waals surface area contributed by atoms with E-state index < -0.39 is 0 Å². The lowest BCUT2D eigenvalue weighted by molar-refractivity contribution is -0.142. The van der Waals surface area contributed by atoms with E-state index >= 15 is 0 Å². The standard InChI is InChI=1S/C15H24N6O/c22-15(11-5-3-4-10-8-17-19-13(10)11)21-7-2-1-6-12(21)14-16-9-18-20-14/h9-13,17,19H,1-8H2,(H,16,18,20). The van der Waals surface area contributed by atoms with Crippen molar-refractivity contribution in [2.45, 2.75) is 50.6 Å². The number of aromatic amines is 1. The fourth-order valence-electron chi connectivity index (χ4n) is 4.39. The number of rotatable bonds is 2. The number of aromatic nitrogens is 3. The van der Waals surface area contributed by atoms with Gasteiger partial charge in [-0.1, -0.05) is 6.42 Å².